The van der Waals surface area contributed by atoms with Crippen LogP contribution in [-0.4, -0.2) is 24.2 Å². The second-order valence-electron chi connectivity index (χ2n) is 4.47. The summed E-state index contributed by atoms with van der Waals surface area (Å²) in [4.78, 5) is 11.8. The number of ether oxygens (including phenoxy) is 1. The summed E-state index contributed by atoms with van der Waals surface area (Å²) in [6, 6.07) is 5.00. The number of rotatable bonds is 4. The SMILES string of the molecule is COc1cc(/C=C(\C#N)C(=O)NC2CC2)cc(Cl)c1O. The van der Waals surface area contributed by atoms with Crippen LogP contribution in [0.5, 0.6) is 11.5 Å². The van der Waals surface area contributed by atoms with Gasteiger partial charge in [0, 0.05) is 6.04 Å². The standard InChI is InChI=1S/C14H13ClN2O3/c1-20-12-6-8(5-11(15)13(12)18)4-9(7-16)14(19)17-10-2-3-10/h4-6,10,18H,2-3H2,1H3,(H,17,19)/b9-4+. The molecule has 1 aliphatic carbocycles. The smallest absolute Gasteiger partial charge is 0.262 e. The zero-order valence-electron chi connectivity index (χ0n) is 10.8. The number of hydrogen-bond acceptors (Lipinski definition) is 4. The lowest BCUT2D eigenvalue weighted by atomic mass is 10.1. The Balaban J connectivity index is 2.29. The van der Waals surface area contributed by atoms with E-state index in [1.807, 2.05) is 6.07 Å². The summed E-state index contributed by atoms with van der Waals surface area (Å²) >= 11 is 5.86. The van der Waals surface area contributed by atoms with E-state index in [1.54, 1.807) is 0 Å². The number of carbonyl (C=O) groups is 1. The van der Waals surface area contributed by atoms with Crippen LogP contribution >= 0.6 is 11.6 Å². The zero-order valence-corrected chi connectivity index (χ0v) is 11.6. The Kier molecular flexibility index (Phi) is 4.16. The van der Waals surface area contributed by atoms with Crippen molar-refractivity contribution in [3.05, 3.63) is 28.3 Å². The Morgan fingerprint density at radius 3 is 2.85 bits per heavy atom. The molecule has 0 heterocycles. The van der Waals surface area contributed by atoms with Gasteiger partial charge in [-0.25, -0.2) is 0 Å². The number of nitrogens with one attached hydrogen (secondary N) is 1. The zero-order chi connectivity index (χ0) is 14.7. The number of phenolic OH excluding ortho intramolecular Hbond substituents is 1. The molecule has 1 aromatic rings. The van der Waals surface area contributed by atoms with E-state index < -0.39 is 5.91 Å². The highest BCUT2D eigenvalue weighted by Crippen LogP contribution is 2.35. The monoisotopic (exact) mass is 292 g/mol. The molecule has 2 N–H and O–H groups in total. The number of amides is 1. The van der Waals surface area contributed by atoms with Gasteiger partial charge in [-0.1, -0.05) is 11.6 Å². The first-order chi connectivity index (χ1) is 9.55. The minimum Gasteiger partial charge on any atom is -0.503 e. The van der Waals surface area contributed by atoms with Gasteiger partial charge in [0.25, 0.3) is 5.91 Å². The van der Waals surface area contributed by atoms with E-state index in [9.17, 15) is 9.90 Å². The topological polar surface area (TPSA) is 82.3 Å². The number of methoxy groups -OCH3 is 1. The molecule has 6 heteroatoms. The Labute approximate surface area is 121 Å². The molecule has 0 unspecified atom stereocenters. The Morgan fingerprint density at radius 2 is 2.30 bits per heavy atom. The van der Waals surface area contributed by atoms with Gasteiger partial charge in [0.1, 0.15) is 11.6 Å². The molecule has 0 spiro atoms. The second-order valence-corrected chi connectivity index (χ2v) is 4.88. The number of carbonyl (C=O) groups excluding carboxylic acids is 1. The van der Waals surface area contributed by atoms with Crippen LogP contribution in [0, 0.1) is 11.3 Å². The van der Waals surface area contributed by atoms with Crippen molar-refractivity contribution in [2.24, 2.45) is 0 Å². The first-order valence-corrected chi connectivity index (χ1v) is 6.42. The molecule has 0 aliphatic heterocycles. The Morgan fingerprint density at radius 1 is 1.60 bits per heavy atom. The molecule has 1 aliphatic rings. The van der Waals surface area contributed by atoms with E-state index >= 15 is 0 Å². The van der Waals surface area contributed by atoms with Gasteiger partial charge in [0.05, 0.1) is 12.1 Å². The summed E-state index contributed by atoms with van der Waals surface area (Å²) in [7, 11) is 1.39. The quantitative estimate of drug-likeness (QED) is 0.658. The highest BCUT2D eigenvalue weighted by atomic mass is 35.5. The molecule has 1 amide bonds. The number of halogens is 1. The van der Waals surface area contributed by atoms with Crippen molar-refractivity contribution in [1.82, 2.24) is 5.32 Å². The minimum absolute atomic E-state index is 0.0132. The lowest BCUT2D eigenvalue weighted by molar-refractivity contribution is -0.117. The van der Waals surface area contributed by atoms with Gasteiger partial charge in [-0.2, -0.15) is 5.26 Å². The summed E-state index contributed by atoms with van der Waals surface area (Å²) in [5, 5.41) is 21.5. The maximum absolute atomic E-state index is 11.8. The van der Waals surface area contributed by atoms with Gasteiger partial charge in [-0.15, -0.1) is 0 Å². The normalized spacial score (nSPS) is 14.6. The lowest BCUT2D eigenvalue weighted by Gasteiger charge is -2.07. The summed E-state index contributed by atoms with van der Waals surface area (Å²) in [6.07, 6.45) is 3.30. The highest BCUT2D eigenvalue weighted by molar-refractivity contribution is 6.32. The van der Waals surface area contributed by atoms with Crippen molar-refractivity contribution in [3.63, 3.8) is 0 Å². The molecule has 0 atom stereocenters. The van der Waals surface area contributed by atoms with Gasteiger partial charge < -0.3 is 15.2 Å². The molecule has 104 valence electrons. The van der Waals surface area contributed by atoms with Crippen LogP contribution in [-0.2, 0) is 4.79 Å². The van der Waals surface area contributed by atoms with Gasteiger partial charge >= 0.3 is 0 Å². The molecule has 20 heavy (non-hydrogen) atoms. The predicted octanol–water partition coefficient (Wildman–Crippen LogP) is 2.24. The van der Waals surface area contributed by atoms with E-state index in [1.165, 1.54) is 25.3 Å². The van der Waals surface area contributed by atoms with Gasteiger partial charge in [0.15, 0.2) is 11.5 Å². The minimum atomic E-state index is -0.404. The van der Waals surface area contributed by atoms with Crippen molar-refractivity contribution < 1.29 is 14.6 Å². The van der Waals surface area contributed by atoms with Crippen LogP contribution in [0.2, 0.25) is 5.02 Å². The fraction of sp³-hybridized carbons (Fsp3) is 0.286. The second kappa shape index (κ2) is 5.85. The van der Waals surface area contributed by atoms with Crippen LogP contribution in [0.4, 0.5) is 0 Å². The highest BCUT2D eigenvalue weighted by Gasteiger charge is 2.24. The number of nitriles is 1. The largest absolute Gasteiger partial charge is 0.503 e. The van der Waals surface area contributed by atoms with E-state index in [2.05, 4.69) is 5.32 Å². The van der Waals surface area contributed by atoms with Crippen molar-refractivity contribution in [2.45, 2.75) is 18.9 Å². The van der Waals surface area contributed by atoms with Gasteiger partial charge in [-0.05, 0) is 36.6 Å². The maximum Gasteiger partial charge on any atom is 0.262 e. The average molecular weight is 293 g/mol. The Bertz CT molecular complexity index is 616. The van der Waals surface area contributed by atoms with E-state index in [-0.39, 0.29) is 28.1 Å². The maximum atomic E-state index is 11.8. The Hall–Kier alpha value is -2.19. The van der Waals surface area contributed by atoms with E-state index in [0.717, 1.165) is 12.8 Å². The molecular weight excluding hydrogens is 280 g/mol. The third kappa shape index (κ3) is 3.22. The van der Waals surface area contributed by atoms with Crippen LogP contribution in [0.25, 0.3) is 6.08 Å². The predicted molar refractivity (Wildman–Crippen MR) is 74.4 cm³/mol. The molecular formula is C14H13ClN2O3. The van der Waals surface area contributed by atoms with Crippen molar-refractivity contribution >= 4 is 23.6 Å². The summed E-state index contributed by atoms with van der Waals surface area (Å²) in [6.45, 7) is 0. The number of phenols is 1. The lowest BCUT2D eigenvalue weighted by Crippen LogP contribution is -2.26. The molecule has 0 bridgehead atoms. The molecule has 0 saturated heterocycles. The fourth-order valence-corrected chi connectivity index (χ4v) is 1.86. The van der Waals surface area contributed by atoms with E-state index in [0.29, 0.717) is 5.56 Å². The van der Waals surface area contributed by atoms with Gasteiger partial charge in [-0.3, -0.25) is 4.79 Å². The molecule has 0 aromatic heterocycles. The van der Waals surface area contributed by atoms with Crippen LogP contribution in [0.15, 0.2) is 17.7 Å². The van der Waals surface area contributed by atoms with Crippen LogP contribution in [0.1, 0.15) is 18.4 Å². The van der Waals surface area contributed by atoms with Crippen molar-refractivity contribution in [3.8, 4) is 17.6 Å². The fourth-order valence-electron chi connectivity index (χ4n) is 1.64. The number of aromatic hydroxyl groups is 1. The van der Waals surface area contributed by atoms with Crippen LogP contribution < -0.4 is 10.1 Å². The molecule has 1 aromatic carbocycles. The number of benzene rings is 1. The third-order valence-electron chi connectivity index (χ3n) is 2.86. The summed E-state index contributed by atoms with van der Waals surface area (Å²) in [5.41, 5.74) is 0.493. The van der Waals surface area contributed by atoms with Crippen molar-refractivity contribution in [1.29, 1.82) is 5.26 Å². The first kappa shape index (κ1) is 14.2. The van der Waals surface area contributed by atoms with Crippen molar-refractivity contribution in [2.75, 3.05) is 7.11 Å². The molecule has 1 saturated carbocycles. The summed E-state index contributed by atoms with van der Waals surface area (Å²) < 4.78 is 4.97. The average Bonchev–Trinajstić information content (AvgIpc) is 3.23. The molecule has 5 nitrogen and oxygen atoms in total. The molecule has 1 fully saturated rings. The number of nitrogens with zero attached hydrogens (tertiary/aromatic N) is 1. The third-order valence-corrected chi connectivity index (χ3v) is 3.15. The van der Waals surface area contributed by atoms with Gasteiger partial charge in [0.2, 0.25) is 0 Å². The van der Waals surface area contributed by atoms with E-state index in [4.69, 9.17) is 21.6 Å². The summed E-state index contributed by atoms with van der Waals surface area (Å²) in [5.74, 6) is -0.394. The number of hydrogen-bond donors (Lipinski definition) is 2. The first-order valence-electron chi connectivity index (χ1n) is 6.04. The van der Waals surface area contributed by atoms with Crippen LogP contribution in [0.3, 0.4) is 0 Å². The molecule has 0 radical (unpaired) electrons. The molecule has 2 rings (SSSR count).